The number of nitrogens with zero attached hydrogens (tertiary/aromatic N) is 1. The van der Waals surface area contributed by atoms with Gasteiger partial charge in [-0.25, -0.2) is 18.2 Å². The van der Waals surface area contributed by atoms with E-state index in [1.807, 2.05) is 0 Å². The first-order chi connectivity index (χ1) is 13.4. The summed E-state index contributed by atoms with van der Waals surface area (Å²) in [5.74, 6) is -3.20. The van der Waals surface area contributed by atoms with Crippen molar-refractivity contribution in [3.05, 3.63) is 77.6 Å². The Hall–Kier alpha value is -3.42. The monoisotopic (exact) mass is 389 g/mol. The van der Waals surface area contributed by atoms with Crippen LogP contribution in [0.4, 0.5) is 13.2 Å². The lowest BCUT2D eigenvalue weighted by Gasteiger charge is -2.04. The van der Waals surface area contributed by atoms with Crippen molar-refractivity contribution in [2.75, 3.05) is 6.61 Å². The van der Waals surface area contributed by atoms with Crippen molar-refractivity contribution in [2.45, 2.75) is 12.8 Å². The summed E-state index contributed by atoms with van der Waals surface area (Å²) < 4.78 is 50.5. The number of halogens is 3. The van der Waals surface area contributed by atoms with Crippen molar-refractivity contribution in [3.63, 3.8) is 0 Å². The lowest BCUT2D eigenvalue weighted by Crippen LogP contribution is -2.14. The fourth-order valence-electron chi connectivity index (χ4n) is 2.42. The number of esters is 1. The van der Waals surface area contributed by atoms with Crippen LogP contribution in [-0.2, 0) is 16.0 Å². The summed E-state index contributed by atoms with van der Waals surface area (Å²) in [6, 6.07) is 8.27. The fourth-order valence-corrected chi connectivity index (χ4v) is 2.42. The van der Waals surface area contributed by atoms with Gasteiger partial charge in [-0.3, -0.25) is 9.59 Å². The van der Waals surface area contributed by atoms with Crippen LogP contribution in [0, 0.1) is 17.5 Å². The highest BCUT2D eigenvalue weighted by molar-refractivity contribution is 5.97. The second kappa shape index (κ2) is 8.51. The molecule has 0 saturated carbocycles. The number of carbonyl (C=O) groups is 2. The van der Waals surface area contributed by atoms with Crippen molar-refractivity contribution in [1.82, 2.24) is 4.98 Å². The molecule has 0 saturated heterocycles. The van der Waals surface area contributed by atoms with Gasteiger partial charge in [0, 0.05) is 12.0 Å². The lowest BCUT2D eigenvalue weighted by atomic mass is 10.1. The van der Waals surface area contributed by atoms with E-state index in [2.05, 4.69) is 4.98 Å². The predicted molar refractivity (Wildman–Crippen MR) is 91.9 cm³/mol. The van der Waals surface area contributed by atoms with E-state index in [4.69, 9.17) is 9.15 Å². The average Bonchev–Trinajstić information content (AvgIpc) is 3.13. The van der Waals surface area contributed by atoms with Gasteiger partial charge in [0.2, 0.25) is 0 Å². The van der Waals surface area contributed by atoms with Crippen molar-refractivity contribution >= 4 is 11.8 Å². The molecule has 5 nitrogen and oxygen atoms in total. The predicted octanol–water partition coefficient (Wildman–Crippen LogP) is 4.12. The number of aromatic nitrogens is 1. The van der Waals surface area contributed by atoms with E-state index < -0.39 is 35.8 Å². The molecule has 8 heteroatoms. The van der Waals surface area contributed by atoms with Crippen LogP contribution in [0.5, 0.6) is 0 Å². The molecule has 1 aromatic heterocycles. The molecule has 0 radical (unpaired) electrons. The molecule has 28 heavy (non-hydrogen) atoms. The number of Topliss-reactive ketones (excluding diaryl/α,β-unsaturated/α-hetero) is 1. The van der Waals surface area contributed by atoms with E-state index in [0.29, 0.717) is 0 Å². The Morgan fingerprint density at radius 2 is 1.68 bits per heavy atom. The Balaban J connectivity index is 1.52. The molecule has 0 spiro atoms. The van der Waals surface area contributed by atoms with Gasteiger partial charge in [-0.2, -0.15) is 0 Å². The van der Waals surface area contributed by atoms with Gasteiger partial charge in [0.05, 0.1) is 18.2 Å². The van der Waals surface area contributed by atoms with Crippen LogP contribution in [0.3, 0.4) is 0 Å². The van der Waals surface area contributed by atoms with Gasteiger partial charge >= 0.3 is 5.97 Å². The van der Waals surface area contributed by atoms with Crippen molar-refractivity contribution < 1.29 is 31.9 Å². The molecular formula is C20H14F3NO4. The molecule has 0 bridgehead atoms. The molecule has 0 atom stereocenters. The van der Waals surface area contributed by atoms with E-state index in [1.54, 1.807) is 0 Å². The van der Waals surface area contributed by atoms with Crippen molar-refractivity contribution in [1.29, 1.82) is 0 Å². The highest BCUT2D eigenvalue weighted by atomic mass is 19.1. The average molecular weight is 389 g/mol. The summed E-state index contributed by atoms with van der Waals surface area (Å²) >= 11 is 0. The van der Waals surface area contributed by atoms with E-state index in [-0.39, 0.29) is 35.6 Å². The van der Waals surface area contributed by atoms with E-state index >= 15 is 0 Å². The van der Waals surface area contributed by atoms with Crippen LogP contribution >= 0.6 is 0 Å². The first-order valence-corrected chi connectivity index (χ1v) is 8.27. The van der Waals surface area contributed by atoms with Gasteiger partial charge in [-0.05, 0) is 36.4 Å². The van der Waals surface area contributed by atoms with Crippen LogP contribution in [-0.4, -0.2) is 23.3 Å². The molecule has 0 N–H and O–H groups in total. The Morgan fingerprint density at radius 3 is 2.36 bits per heavy atom. The largest absolute Gasteiger partial charge is 0.457 e. The van der Waals surface area contributed by atoms with E-state index in [9.17, 15) is 22.8 Å². The number of rotatable bonds is 7. The zero-order chi connectivity index (χ0) is 20.1. The molecule has 0 aliphatic carbocycles. The van der Waals surface area contributed by atoms with E-state index in [0.717, 1.165) is 24.3 Å². The summed E-state index contributed by atoms with van der Waals surface area (Å²) in [4.78, 5) is 27.5. The number of ketones is 1. The molecule has 0 aliphatic rings. The molecule has 3 rings (SSSR count). The van der Waals surface area contributed by atoms with Gasteiger partial charge in [0.25, 0.3) is 0 Å². The van der Waals surface area contributed by atoms with Crippen LogP contribution < -0.4 is 0 Å². The third-order valence-electron chi connectivity index (χ3n) is 3.84. The molecule has 0 fully saturated rings. The Kier molecular flexibility index (Phi) is 5.88. The minimum absolute atomic E-state index is 0.0274. The molecule has 1 heterocycles. The lowest BCUT2D eigenvalue weighted by molar-refractivity contribution is -0.142. The molecule has 0 amide bonds. The second-order valence-corrected chi connectivity index (χ2v) is 5.81. The first kappa shape index (κ1) is 19.3. The maximum absolute atomic E-state index is 13.7. The zero-order valence-electron chi connectivity index (χ0n) is 14.5. The zero-order valence-corrected chi connectivity index (χ0v) is 14.5. The summed E-state index contributed by atoms with van der Waals surface area (Å²) in [5.41, 5.74) is -0.118. The summed E-state index contributed by atoms with van der Waals surface area (Å²) in [6.07, 6.45) is 1.05. The number of ether oxygens (including phenoxy) is 1. The summed E-state index contributed by atoms with van der Waals surface area (Å²) in [7, 11) is 0. The van der Waals surface area contributed by atoms with E-state index in [1.165, 1.54) is 24.4 Å². The van der Waals surface area contributed by atoms with Gasteiger partial charge in [0.15, 0.2) is 24.0 Å². The number of hydrogen-bond acceptors (Lipinski definition) is 5. The van der Waals surface area contributed by atoms with Gasteiger partial charge < -0.3 is 9.15 Å². The fraction of sp³-hybridized carbons (Fsp3) is 0.150. The quantitative estimate of drug-likeness (QED) is 0.449. The first-order valence-electron chi connectivity index (χ1n) is 8.27. The van der Waals surface area contributed by atoms with Crippen LogP contribution in [0.1, 0.15) is 22.7 Å². The maximum Gasteiger partial charge on any atom is 0.306 e. The number of aryl methyl sites for hydroxylation is 1. The smallest absolute Gasteiger partial charge is 0.306 e. The van der Waals surface area contributed by atoms with Crippen molar-refractivity contribution in [2.24, 2.45) is 0 Å². The number of hydrogen-bond donors (Lipinski definition) is 0. The number of oxazole rings is 1. The normalized spacial score (nSPS) is 10.7. The number of carbonyl (C=O) groups excluding carboxylic acids is 2. The maximum atomic E-state index is 13.7. The van der Waals surface area contributed by atoms with Gasteiger partial charge in [-0.1, -0.05) is 6.07 Å². The Morgan fingerprint density at radius 1 is 1.00 bits per heavy atom. The Labute approximate surface area is 157 Å². The summed E-state index contributed by atoms with van der Waals surface area (Å²) in [5, 5.41) is 0. The highest BCUT2D eigenvalue weighted by Gasteiger charge is 2.17. The molecule has 3 aromatic rings. The summed E-state index contributed by atoms with van der Waals surface area (Å²) in [6.45, 7) is -0.484. The molecular weight excluding hydrogens is 375 g/mol. The second-order valence-electron chi connectivity index (χ2n) is 5.81. The third-order valence-corrected chi connectivity index (χ3v) is 3.84. The SMILES string of the molecule is O=C(CCc1ncc(-c2c(F)cccc2F)o1)OCC(=O)c1ccc(F)cc1. The minimum Gasteiger partial charge on any atom is -0.457 e. The minimum atomic E-state index is -0.790. The molecule has 0 aliphatic heterocycles. The van der Waals surface area contributed by atoms with Gasteiger partial charge in [0.1, 0.15) is 17.5 Å². The standard InChI is InChI=1S/C20H14F3NO4/c21-13-6-4-12(5-7-13)16(25)11-27-19(26)9-8-18-24-10-17(28-18)20-14(22)2-1-3-15(20)23/h1-7,10H,8-9,11H2. The van der Waals surface area contributed by atoms with Crippen LogP contribution in [0.15, 0.2) is 53.1 Å². The van der Waals surface area contributed by atoms with Crippen LogP contribution in [0.2, 0.25) is 0 Å². The molecule has 144 valence electrons. The topological polar surface area (TPSA) is 69.4 Å². The third kappa shape index (κ3) is 4.64. The van der Waals surface area contributed by atoms with Crippen LogP contribution in [0.25, 0.3) is 11.3 Å². The highest BCUT2D eigenvalue weighted by Crippen LogP contribution is 2.26. The van der Waals surface area contributed by atoms with Gasteiger partial charge in [-0.15, -0.1) is 0 Å². The molecule has 0 unspecified atom stereocenters. The Bertz CT molecular complexity index is 979. The number of benzene rings is 2. The van der Waals surface area contributed by atoms with Crippen molar-refractivity contribution in [3.8, 4) is 11.3 Å². The molecule has 2 aromatic carbocycles.